The average Bonchev–Trinajstić information content (AvgIpc) is 2.15. The van der Waals surface area contributed by atoms with Gasteiger partial charge in [-0.2, -0.15) is 0 Å². The molecule has 0 spiro atoms. The third kappa shape index (κ3) is 2.48. The number of benzene rings is 1. The first-order valence-electron chi connectivity index (χ1n) is 4.58. The van der Waals surface area contributed by atoms with Gasteiger partial charge in [0, 0.05) is 0 Å². The highest BCUT2D eigenvalue weighted by molar-refractivity contribution is 7.91. The van der Waals surface area contributed by atoms with E-state index in [-0.39, 0.29) is 16.4 Å². The van der Waals surface area contributed by atoms with E-state index in [9.17, 15) is 13.5 Å². The number of para-hydroxylation sites is 1. The van der Waals surface area contributed by atoms with E-state index in [4.69, 9.17) is 0 Å². The Bertz CT molecular complexity index is 396. The first-order chi connectivity index (χ1) is 6.58. The summed E-state index contributed by atoms with van der Waals surface area (Å²) in [6.07, 6.45) is 1.45. The van der Waals surface area contributed by atoms with Crippen LogP contribution in [0.5, 0.6) is 5.75 Å². The summed E-state index contributed by atoms with van der Waals surface area (Å²) in [7, 11) is -3.30. The van der Waals surface area contributed by atoms with Gasteiger partial charge in [-0.1, -0.05) is 25.5 Å². The lowest BCUT2D eigenvalue weighted by Gasteiger charge is -2.04. The van der Waals surface area contributed by atoms with Gasteiger partial charge in [0.1, 0.15) is 10.6 Å². The standard InChI is InChI=1S/C10H14O3S/c1-2-3-8-14(12,13)10-7-5-4-6-9(10)11/h4-7,11H,2-3,8H2,1H3. The molecular weight excluding hydrogens is 200 g/mol. The van der Waals surface area contributed by atoms with Crippen LogP contribution >= 0.6 is 0 Å². The van der Waals surface area contributed by atoms with E-state index < -0.39 is 9.84 Å². The van der Waals surface area contributed by atoms with Crippen LogP contribution in [-0.2, 0) is 9.84 Å². The van der Waals surface area contributed by atoms with Crippen molar-refractivity contribution in [2.45, 2.75) is 24.7 Å². The molecule has 0 bridgehead atoms. The maximum Gasteiger partial charge on any atom is 0.182 e. The Labute approximate surface area is 84.3 Å². The molecule has 1 aromatic carbocycles. The average molecular weight is 214 g/mol. The molecule has 1 N–H and O–H groups in total. The number of aromatic hydroxyl groups is 1. The Hall–Kier alpha value is -1.03. The SMILES string of the molecule is CCCCS(=O)(=O)c1ccccc1O. The molecule has 0 fully saturated rings. The van der Waals surface area contributed by atoms with Crippen LogP contribution in [0.3, 0.4) is 0 Å². The zero-order chi connectivity index (χ0) is 10.6. The highest BCUT2D eigenvalue weighted by atomic mass is 32.2. The summed E-state index contributed by atoms with van der Waals surface area (Å²) >= 11 is 0. The Morgan fingerprint density at radius 3 is 2.50 bits per heavy atom. The van der Waals surface area contributed by atoms with E-state index in [0.29, 0.717) is 6.42 Å². The smallest absolute Gasteiger partial charge is 0.182 e. The molecule has 0 aliphatic rings. The fourth-order valence-corrected chi connectivity index (χ4v) is 2.73. The molecule has 0 aliphatic heterocycles. The number of hydrogen-bond donors (Lipinski definition) is 1. The van der Waals surface area contributed by atoms with Crippen LogP contribution in [0.2, 0.25) is 0 Å². The molecule has 0 saturated heterocycles. The van der Waals surface area contributed by atoms with Crippen LogP contribution in [0.4, 0.5) is 0 Å². The van der Waals surface area contributed by atoms with Gasteiger partial charge >= 0.3 is 0 Å². The lowest BCUT2D eigenvalue weighted by atomic mass is 10.3. The molecule has 14 heavy (non-hydrogen) atoms. The number of phenolic OH excluding ortho intramolecular Hbond substituents is 1. The van der Waals surface area contributed by atoms with Crippen LogP contribution in [0.15, 0.2) is 29.2 Å². The molecule has 3 nitrogen and oxygen atoms in total. The summed E-state index contributed by atoms with van der Waals surface area (Å²) in [4.78, 5) is 0.0356. The molecule has 4 heteroatoms. The van der Waals surface area contributed by atoms with E-state index in [1.165, 1.54) is 12.1 Å². The predicted molar refractivity (Wildman–Crippen MR) is 55.1 cm³/mol. The molecule has 78 valence electrons. The minimum atomic E-state index is -3.30. The number of hydrogen-bond acceptors (Lipinski definition) is 3. The molecule has 0 amide bonds. The third-order valence-electron chi connectivity index (χ3n) is 1.97. The Balaban J connectivity index is 2.99. The summed E-state index contributed by atoms with van der Waals surface area (Å²) in [5, 5.41) is 9.37. The number of unbranched alkanes of at least 4 members (excludes halogenated alkanes) is 1. The van der Waals surface area contributed by atoms with Gasteiger partial charge in [-0.25, -0.2) is 8.42 Å². The minimum absolute atomic E-state index is 0.0356. The first-order valence-corrected chi connectivity index (χ1v) is 6.24. The second-order valence-electron chi connectivity index (χ2n) is 3.14. The van der Waals surface area contributed by atoms with Gasteiger partial charge in [-0.3, -0.25) is 0 Å². The maximum atomic E-state index is 11.7. The summed E-state index contributed by atoms with van der Waals surface area (Å²) in [6, 6.07) is 6.03. The van der Waals surface area contributed by atoms with Crippen molar-refractivity contribution < 1.29 is 13.5 Å². The molecule has 1 aromatic rings. The zero-order valence-electron chi connectivity index (χ0n) is 8.10. The normalized spacial score (nSPS) is 11.5. The Morgan fingerprint density at radius 1 is 1.29 bits per heavy atom. The van der Waals surface area contributed by atoms with Gasteiger partial charge in [0.2, 0.25) is 0 Å². The van der Waals surface area contributed by atoms with E-state index in [1.54, 1.807) is 12.1 Å². The molecule has 1 rings (SSSR count). The molecule has 0 atom stereocenters. The van der Waals surface area contributed by atoms with Crippen molar-refractivity contribution in [1.82, 2.24) is 0 Å². The highest BCUT2D eigenvalue weighted by Gasteiger charge is 2.16. The van der Waals surface area contributed by atoms with Crippen molar-refractivity contribution >= 4 is 9.84 Å². The van der Waals surface area contributed by atoms with Crippen LogP contribution in [-0.4, -0.2) is 19.3 Å². The molecule has 0 unspecified atom stereocenters. The molecule has 0 radical (unpaired) electrons. The number of rotatable bonds is 4. The van der Waals surface area contributed by atoms with Crippen LogP contribution < -0.4 is 0 Å². The predicted octanol–water partition coefficient (Wildman–Crippen LogP) is 1.97. The van der Waals surface area contributed by atoms with Crippen molar-refractivity contribution in [3.05, 3.63) is 24.3 Å². The lowest BCUT2D eigenvalue weighted by molar-refractivity contribution is 0.458. The van der Waals surface area contributed by atoms with Crippen LogP contribution in [0, 0.1) is 0 Å². The first kappa shape index (κ1) is 11.0. The van der Waals surface area contributed by atoms with Crippen molar-refractivity contribution in [2.75, 3.05) is 5.75 Å². The third-order valence-corrected chi connectivity index (χ3v) is 3.81. The monoisotopic (exact) mass is 214 g/mol. The van der Waals surface area contributed by atoms with E-state index in [2.05, 4.69) is 0 Å². The van der Waals surface area contributed by atoms with Gasteiger partial charge in [0.05, 0.1) is 5.75 Å². The lowest BCUT2D eigenvalue weighted by Crippen LogP contribution is -2.06. The number of phenols is 1. The highest BCUT2D eigenvalue weighted by Crippen LogP contribution is 2.23. The van der Waals surface area contributed by atoms with Crippen molar-refractivity contribution in [3.63, 3.8) is 0 Å². The molecule has 0 heterocycles. The van der Waals surface area contributed by atoms with Crippen molar-refractivity contribution in [3.8, 4) is 5.75 Å². The van der Waals surface area contributed by atoms with Crippen LogP contribution in [0.25, 0.3) is 0 Å². The Morgan fingerprint density at radius 2 is 1.93 bits per heavy atom. The van der Waals surface area contributed by atoms with Gasteiger partial charge in [-0.15, -0.1) is 0 Å². The van der Waals surface area contributed by atoms with Gasteiger partial charge in [0.15, 0.2) is 9.84 Å². The van der Waals surface area contributed by atoms with E-state index in [0.717, 1.165) is 6.42 Å². The summed E-state index contributed by atoms with van der Waals surface area (Å²) in [6.45, 7) is 1.93. The second-order valence-corrected chi connectivity index (χ2v) is 5.22. The molecule has 0 aliphatic carbocycles. The number of sulfone groups is 1. The van der Waals surface area contributed by atoms with Gasteiger partial charge < -0.3 is 5.11 Å². The van der Waals surface area contributed by atoms with E-state index in [1.807, 2.05) is 6.92 Å². The Kier molecular flexibility index (Phi) is 3.52. The minimum Gasteiger partial charge on any atom is -0.507 e. The fraction of sp³-hybridized carbons (Fsp3) is 0.400. The summed E-state index contributed by atoms with van der Waals surface area (Å²) in [5.74, 6) is -0.0650. The largest absolute Gasteiger partial charge is 0.507 e. The maximum absolute atomic E-state index is 11.7. The van der Waals surface area contributed by atoms with Gasteiger partial charge in [0.25, 0.3) is 0 Å². The molecular formula is C10H14O3S. The summed E-state index contributed by atoms with van der Waals surface area (Å²) in [5.41, 5.74) is 0. The van der Waals surface area contributed by atoms with Crippen molar-refractivity contribution in [1.29, 1.82) is 0 Å². The van der Waals surface area contributed by atoms with E-state index >= 15 is 0 Å². The molecule has 0 saturated carbocycles. The van der Waals surface area contributed by atoms with Crippen molar-refractivity contribution in [2.24, 2.45) is 0 Å². The zero-order valence-corrected chi connectivity index (χ0v) is 8.92. The second kappa shape index (κ2) is 4.46. The quantitative estimate of drug-likeness (QED) is 0.833. The molecule has 0 aromatic heterocycles. The fourth-order valence-electron chi connectivity index (χ4n) is 1.16. The van der Waals surface area contributed by atoms with Gasteiger partial charge in [-0.05, 0) is 18.6 Å². The topological polar surface area (TPSA) is 54.4 Å². The van der Waals surface area contributed by atoms with Crippen LogP contribution in [0.1, 0.15) is 19.8 Å². The summed E-state index contributed by atoms with van der Waals surface area (Å²) < 4.78 is 23.3.